The largest absolute Gasteiger partial charge is 0.489 e. The standard InChI is InChI=1S/C22H21N3O3/c1-13-4-3-5-15(10-13)12-28-17-8-6-16(7-9-17)18-11-19(26)25-21-20(18)22(27)24-14(2)23-21/h3-10,18H,11-12H2,1-2H3,(H2,23,24,25,26,27)/t18-/m1/s1. The third-order valence-corrected chi connectivity index (χ3v) is 4.84. The minimum Gasteiger partial charge on any atom is -0.489 e. The number of nitrogens with zero attached hydrogens (tertiary/aromatic N) is 1. The number of aromatic nitrogens is 2. The zero-order chi connectivity index (χ0) is 19.7. The lowest BCUT2D eigenvalue weighted by atomic mass is 9.87. The van der Waals surface area contributed by atoms with E-state index in [-0.39, 0.29) is 23.8 Å². The van der Waals surface area contributed by atoms with Crippen LogP contribution in [0.15, 0.2) is 53.3 Å². The van der Waals surface area contributed by atoms with E-state index in [0.29, 0.717) is 23.8 Å². The number of hydrogen-bond donors (Lipinski definition) is 2. The van der Waals surface area contributed by atoms with Crippen molar-refractivity contribution in [3.05, 3.63) is 87.0 Å². The lowest BCUT2D eigenvalue weighted by molar-refractivity contribution is -0.116. The van der Waals surface area contributed by atoms with Gasteiger partial charge in [-0.15, -0.1) is 0 Å². The van der Waals surface area contributed by atoms with Crippen molar-refractivity contribution in [3.8, 4) is 5.75 Å². The highest BCUT2D eigenvalue weighted by Crippen LogP contribution is 2.34. The van der Waals surface area contributed by atoms with Crippen LogP contribution < -0.4 is 15.6 Å². The van der Waals surface area contributed by atoms with E-state index in [1.165, 1.54) is 5.56 Å². The van der Waals surface area contributed by atoms with E-state index in [9.17, 15) is 9.59 Å². The number of carbonyl (C=O) groups excluding carboxylic acids is 1. The van der Waals surface area contributed by atoms with Crippen LogP contribution in [0.1, 0.15) is 40.4 Å². The fourth-order valence-corrected chi connectivity index (χ4v) is 3.53. The summed E-state index contributed by atoms with van der Waals surface area (Å²) in [7, 11) is 0. The first-order valence-corrected chi connectivity index (χ1v) is 9.18. The maximum atomic E-state index is 12.5. The van der Waals surface area contributed by atoms with Gasteiger partial charge in [0.05, 0.1) is 5.56 Å². The Labute approximate surface area is 162 Å². The summed E-state index contributed by atoms with van der Waals surface area (Å²) in [5, 5.41) is 2.70. The molecule has 1 atom stereocenters. The van der Waals surface area contributed by atoms with E-state index in [1.807, 2.05) is 36.4 Å². The molecule has 2 N–H and O–H groups in total. The molecule has 0 bridgehead atoms. The van der Waals surface area contributed by atoms with Crippen LogP contribution in [-0.2, 0) is 11.4 Å². The fraction of sp³-hybridized carbons (Fsp3) is 0.227. The van der Waals surface area contributed by atoms with E-state index in [0.717, 1.165) is 16.9 Å². The monoisotopic (exact) mass is 375 g/mol. The van der Waals surface area contributed by atoms with Gasteiger partial charge in [0.15, 0.2) is 0 Å². The molecule has 0 aliphatic carbocycles. The molecule has 0 unspecified atom stereocenters. The summed E-state index contributed by atoms with van der Waals surface area (Å²) in [5.74, 6) is 1.09. The molecule has 2 aromatic carbocycles. The van der Waals surface area contributed by atoms with Gasteiger partial charge in [-0.1, -0.05) is 42.0 Å². The summed E-state index contributed by atoms with van der Waals surface area (Å²) in [5.41, 5.74) is 3.47. The lowest BCUT2D eigenvalue weighted by Gasteiger charge is -2.24. The number of rotatable bonds is 4. The molecule has 1 aliphatic heterocycles. The summed E-state index contributed by atoms with van der Waals surface area (Å²) in [6.45, 7) is 4.23. The second-order valence-corrected chi connectivity index (χ2v) is 7.07. The molecule has 0 radical (unpaired) electrons. The van der Waals surface area contributed by atoms with Crippen LogP contribution >= 0.6 is 0 Å². The number of ether oxygens (including phenoxy) is 1. The van der Waals surface area contributed by atoms with Gasteiger partial charge in [0.25, 0.3) is 5.56 Å². The van der Waals surface area contributed by atoms with Crippen molar-refractivity contribution in [1.29, 1.82) is 0 Å². The smallest absolute Gasteiger partial charge is 0.256 e. The molecule has 0 saturated carbocycles. The number of fused-ring (bicyclic) bond motifs is 1. The first-order valence-electron chi connectivity index (χ1n) is 9.18. The minimum atomic E-state index is -0.327. The molecule has 2 heterocycles. The summed E-state index contributed by atoms with van der Waals surface area (Å²) < 4.78 is 5.86. The van der Waals surface area contributed by atoms with Crippen LogP contribution in [0.2, 0.25) is 0 Å². The Morgan fingerprint density at radius 2 is 1.89 bits per heavy atom. The van der Waals surface area contributed by atoms with Gasteiger partial charge in [-0.2, -0.15) is 0 Å². The molecule has 6 heteroatoms. The van der Waals surface area contributed by atoms with Crippen molar-refractivity contribution in [2.75, 3.05) is 5.32 Å². The van der Waals surface area contributed by atoms with Gasteiger partial charge in [0.2, 0.25) is 5.91 Å². The average molecular weight is 375 g/mol. The first-order chi connectivity index (χ1) is 13.5. The normalized spacial score (nSPS) is 15.6. The van der Waals surface area contributed by atoms with Crippen molar-refractivity contribution in [2.24, 2.45) is 0 Å². The van der Waals surface area contributed by atoms with Gasteiger partial charge < -0.3 is 15.0 Å². The molecule has 1 aromatic heterocycles. The van der Waals surface area contributed by atoms with Crippen LogP contribution in [0.25, 0.3) is 0 Å². The SMILES string of the molecule is Cc1cccc(COc2ccc([C@H]3CC(=O)Nc4nc(C)[nH]c(=O)c43)cc2)c1. The summed E-state index contributed by atoms with van der Waals surface area (Å²) in [4.78, 5) is 31.6. The van der Waals surface area contributed by atoms with E-state index in [4.69, 9.17) is 4.74 Å². The highest BCUT2D eigenvalue weighted by Gasteiger charge is 2.30. The zero-order valence-electron chi connectivity index (χ0n) is 15.8. The van der Waals surface area contributed by atoms with Crippen molar-refractivity contribution in [2.45, 2.75) is 32.8 Å². The van der Waals surface area contributed by atoms with Gasteiger partial charge in [-0.05, 0) is 37.1 Å². The van der Waals surface area contributed by atoms with E-state index < -0.39 is 0 Å². The van der Waals surface area contributed by atoms with E-state index >= 15 is 0 Å². The van der Waals surface area contributed by atoms with Crippen molar-refractivity contribution >= 4 is 11.7 Å². The van der Waals surface area contributed by atoms with Crippen molar-refractivity contribution in [1.82, 2.24) is 9.97 Å². The Morgan fingerprint density at radius 1 is 1.11 bits per heavy atom. The maximum absolute atomic E-state index is 12.5. The van der Waals surface area contributed by atoms with Crippen molar-refractivity contribution < 1.29 is 9.53 Å². The number of carbonyl (C=O) groups is 1. The predicted octanol–water partition coefficient (Wildman–Crippen LogP) is 3.44. The van der Waals surface area contributed by atoms with Gasteiger partial charge >= 0.3 is 0 Å². The summed E-state index contributed by atoms with van der Waals surface area (Å²) in [6, 6.07) is 15.7. The van der Waals surface area contributed by atoms with E-state index in [1.54, 1.807) is 6.92 Å². The Bertz CT molecular complexity index is 1090. The first kappa shape index (κ1) is 18.0. The molecule has 4 rings (SSSR count). The Morgan fingerprint density at radius 3 is 2.64 bits per heavy atom. The summed E-state index contributed by atoms with van der Waals surface area (Å²) >= 11 is 0. The highest BCUT2D eigenvalue weighted by atomic mass is 16.5. The molecular formula is C22H21N3O3. The third kappa shape index (κ3) is 3.67. The predicted molar refractivity (Wildman–Crippen MR) is 107 cm³/mol. The number of amides is 1. The number of anilines is 1. The van der Waals surface area contributed by atoms with Crippen molar-refractivity contribution in [3.63, 3.8) is 0 Å². The molecule has 142 valence electrons. The van der Waals surface area contributed by atoms with Gasteiger partial charge in [0.1, 0.15) is 24.0 Å². The third-order valence-electron chi connectivity index (χ3n) is 4.84. The molecule has 28 heavy (non-hydrogen) atoms. The number of nitrogens with one attached hydrogen (secondary N) is 2. The number of hydrogen-bond acceptors (Lipinski definition) is 4. The Kier molecular flexibility index (Phi) is 4.69. The number of aromatic amines is 1. The van der Waals surface area contributed by atoms with E-state index in [2.05, 4.69) is 34.3 Å². The Balaban J connectivity index is 1.56. The summed E-state index contributed by atoms with van der Waals surface area (Å²) in [6.07, 6.45) is 0.213. The molecule has 0 fully saturated rings. The second-order valence-electron chi connectivity index (χ2n) is 7.07. The van der Waals surface area contributed by atoms with Crippen LogP contribution in [-0.4, -0.2) is 15.9 Å². The molecule has 0 spiro atoms. The number of benzene rings is 2. The zero-order valence-corrected chi connectivity index (χ0v) is 15.8. The molecule has 0 saturated heterocycles. The lowest BCUT2D eigenvalue weighted by Crippen LogP contribution is -2.31. The second kappa shape index (κ2) is 7.31. The van der Waals surface area contributed by atoms with Gasteiger partial charge in [-0.25, -0.2) is 4.98 Å². The molecule has 3 aromatic rings. The quantitative estimate of drug-likeness (QED) is 0.732. The number of H-pyrrole nitrogens is 1. The minimum absolute atomic E-state index is 0.144. The molecule has 1 aliphatic rings. The molecule has 1 amide bonds. The van der Waals surface area contributed by atoms with Crippen LogP contribution in [0.3, 0.4) is 0 Å². The molecule has 6 nitrogen and oxygen atoms in total. The van der Waals surface area contributed by atoms with Crippen LogP contribution in [0.4, 0.5) is 5.82 Å². The average Bonchev–Trinajstić information content (AvgIpc) is 2.65. The Hall–Kier alpha value is -3.41. The molecular weight excluding hydrogens is 354 g/mol. The fourth-order valence-electron chi connectivity index (χ4n) is 3.53. The van der Waals surface area contributed by atoms with Gasteiger partial charge in [-0.3, -0.25) is 9.59 Å². The van der Waals surface area contributed by atoms with Crippen LogP contribution in [0.5, 0.6) is 5.75 Å². The van der Waals surface area contributed by atoms with Gasteiger partial charge in [0, 0.05) is 12.3 Å². The van der Waals surface area contributed by atoms with Crippen LogP contribution in [0, 0.1) is 13.8 Å². The topological polar surface area (TPSA) is 84.1 Å². The highest BCUT2D eigenvalue weighted by molar-refractivity contribution is 5.94. The maximum Gasteiger partial charge on any atom is 0.256 e. The number of aryl methyl sites for hydroxylation is 2.